The van der Waals surface area contributed by atoms with Gasteiger partial charge >= 0.3 is 0 Å². The molecule has 2 aromatic heterocycles. The zero-order chi connectivity index (χ0) is 36.3. The normalized spacial score (nSPS) is 11.6. The van der Waals surface area contributed by atoms with Crippen molar-refractivity contribution in [1.29, 1.82) is 0 Å². The number of furan rings is 1. The van der Waals surface area contributed by atoms with E-state index in [2.05, 4.69) is 188 Å². The highest BCUT2D eigenvalue weighted by Crippen LogP contribution is 2.44. The van der Waals surface area contributed by atoms with Gasteiger partial charge in [-0.3, -0.25) is 0 Å². The molecule has 0 saturated heterocycles. The van der Waals surface area contributed by atoms with E-state index in [0.29, 0.717) is 17.5 Å². The molecule has 11 aromatic rings. The number of hydrogen-bond donors (Lipinski definition) is 0. The number of hydrogen-bond acceptors (Lipinski definition) is 4. The summed E-state index contributed by atoms with van der Waals surface area (Å²) in [6, 6.07) is 65.8. The van der Waals surface area contributed by atoms with Crippen LogP contribution in [0.15, 0.2) is 192 Å². The summed E-state index contributed by atoms with van der Waals surface area (Å²) in [5.74, 6) is 1.76. The molecular weight excluding hydrogens is 671 g/mol. The maximum absolute atomic E-state index is 6.93. The summed E-state index contributed by atoms with van der Waals surface area (Å²) in [5, 5.41) is 9.00. The molecule has 0 spiro atoms. The van der Waals surface area contributed by atoms with Crippen LogP contribution in [0.5, 0.6) is 0 Å². The summed E-state index contributed by atoms with van der Waals surface area (Å²) in [4.78, 5) is 15.6. The lowest BCUT2D eigenvalue weighted by Crippen LogP contribution is -2.00. The number of fused-ring (bicyclic) bond motifs is 7. The van der Waals surface area contributed by atoms with E-state index in [9.17, 15) is 0 Å². The molecule has 0 amide bonds. The first-order valence-electron chi connectivity index (χ1n) is 18.5. The Morgan fingerprint density at radius 3 is 1.56 bits per heavy atom. The lowest BCUT2D eigenvalue weighted by Gasteiger charge is -2.12. The summed E-state index contributed by atoms with van der Waals surface area (Å²) < 4.78 is 6.93. The number of nitrogens with zero attached hydrogens (tertiary/aromatic N) is 3. The van der Waals surface area contributed by atoms with E-state index >= 15 is 0 Å². The van der Waals surface area contributed by atoms with Crippen LogP contribution in [0.4, 0.5) is 0 Å². The maximum Gasteiger partial charge on any atom is 0.167 e. The smallest absolute Gasteiger partial charge is 0.167 e. The van der Waals surface area contributed by atoms with E-state index in [1.54, 1.807) is 0 Å². The Hall–Kier alpha value is -7.43. The van der Waals surface area contributed by atoms with Crippen LogP contribution in [0.2, 0.25) is 0 Å². The van der Waals surface area contributed by atoms with Gasteiger partial charge in [0.2, 0.25) is 0 Å². The van der Waals surface area contributed by atoms with Gasteiger partial charge in [-0.15, -0.1) is 0 Å². The summed E-state index contributed by atoms with van der Waals surface area (Å²) in [6.45, 7) is 0. The Morgan fingerprint density at radius 2 is 0.855 bits per heavy atom. The van der Waals surface area contributed by atoms with E-state index in [0.717, 1.165) is 76.9 Å². The average molecular weight is 702 g/mol. The van der Waals surface area contributed by atoms with Gasteiger partial charge in [0.25, 0.3) is 0 Å². The van der Waals surface area contributed by atoms with Crippen molar-refractivity contribution in [2.24, 2.45) is 0 Å². The Morgan fingerprint density at radius 1 is 0.309 bits per heavy atom. The highest BCUT2D eigenvalue weighted by molar-refractivity contribution is 6.24. The maximum atomic E-state index is 6.93. The first-order chi connectivity index (χ1) is 27.2. The first kappa shape index (κ1) is 31.1. The molecule has 0 fully saturated rings. The van der Waals surface area contributed by atoms with Gasteiger partial charge in [0.15, 0.2) is 17.5 Å². The molecule has 0 radical (unpaired) electrons. The fraction of sp³-hybridized carbons (Fsp3) is 0. The third-order valence-corrected chi connectivity index (χ3v) is 10.7. The largest absolute Gasteiger partial charge is 0.455 e. The second kappa shape index (κ2) is 12.6. The van der Waals surface area contributed by atoms with Gasteiger partial charge in [-0.2, -0.15) is 0 Å². The molecule has 0 bridgehead atoms. The second-order valence-corrected chi connectivity index (χ2v) is 14.0. The Balaban J connectivity index is 1.19. The zero-order valence-electron chi connectivity index (χ0n) is 29.6. The van der Waals surface area contributed by atoms with Crippen LogP contribution >= 0.6 is 0 Å². The molecule has 0 aliphatic carbocycles. The zero-order valence-corrected chi connectivity index (χ0v) is 29.6. The second-order valence-electron chi connectivity index (χ2n) is 14.0. The van der Waals surface area contributed by atoms with Crippen LogP contribution in [0.1, 0.15) is 0 Å². The van der Waals surface area contributed by atoms with Gasteiger partial charge in [0, 0.05) is 21.9 Å². The van der Waals surface area contributed by atoms with Gasteiger partial charge in [-0.05, 0) is 84.9 Å². The van der Waals surface area contributed by atoms with Crippen molar-refractivity contribution in [2.75, 3.05) is 0 Å². The molecule has 11 rings (SSSR count). The molecule has 0 aliphatic rings. The fourth-order valence-electron chi connectivity index (χ4n) is 7.97. The minimum absolute atomic E-state index is 0.555. The van der Waals surface area contributed by atoms with E-state index in [-0.39, 0.29) is 0 Å². The van der Waals surface area contributed by atoms with Gasteiger partial charge in [-0.25, -0.2) is 15.0 Å². The van der Waals surface area contributed by atoms with Crippen LogP contribution < -0.4 is 0 Å². The van der Waals surface area contributed by atoms with Crippen LogP contribution in [0, 0.1) is 0 Å². The SMILES string of the molecule is c1ccc(-c2cccc(-c3ccc(-c4nc(-c5ccc6ccccc6c5)nc(-c5ccc6ccccc6c5)n4)c4oc5ccc6ccccc6c5c34)c2)cc1. The Labute approximate surface area is 317 Å². The quantitative estimate of drug-likeness (QED) is 0.179. The van der Waals surface area contributed by atoms with E-state index in [1.165, 1.54) is 16.3 Å². The predicted octanol–water partition coefficient (Wildman–Crippen LogP) is 13.6. The van der Waals surface area contributed by atoms with Crippen LogP contribution in [0.3, 0.4) is 0 Å². The van der Waals surface area contributed by atoms with Crippen molar-refractivity contribution in [1.82, 2.24) is 15.0 Å². The van der Waals surface area contributed by atoms with Gasteiger partial charge in [-0.1, -0.05) is 158 Å². The molecule has 0 saturated carbocycles. The summed E-state index contributed by atoms with van der Waals surface area (Å²) in [6.07, 6.45) is 0. The van der Waals surface area contributed by atoms with E-state index in [4.69, 9.17) is 19.4 Å². The molecule has 2 heterocycles. The number of benzene rings is 9. The average Bonchev–Trinajstić information content (AvgIpc) is 3.66. The Bertz CT molecular complexity index is 3180. The van der Waals surface area contributed by atoms with E-state index in [1.807, 2.05) is 0 Å². The predicted molar refractivity (Wildman–Crippen MR) is 227 cm³/mol. The monoisotopic (exact) mass is 701 g/mol. The summed E-state index contributed by atoms with van der Waals surface area (Å²) in [7, 11) is 0. The van der Waals surface area contributed by atoms with Crippen LogP contribution in [0.25, 0.3) is 111 Å². The fourth-order valence-corrected chi connectivity index (χ4v) is 7.97. The van der Waals surface area contributed by atoms with Crippen molar-refractivity contribution in [2.45, 2.75) is 0 Å². The highest BCUT2D eigenvalue weighted by atomic mass is 16.3. The summed E-state index contributed by atoms with van der Waals surface area (Å²) in [5.41, 5.74) is 8.75. The standard InChI is InChI=1S/C51H31N3O/c1-2-11-32(12-3-1)38-18-10-19-39(29-38)43-26-27-44(48-47(43)46-42-20-9-8-15-35(42)25-28-45(46)55-48)51-53-49(40-23-21-33-13-4-6-16-36(33)30-40)52-50(54-51)41-24-22-34-14-5-7-17-37(34)31-41/h1-31H. The molecule has 0 atom stereocenters. The molecule has 0 aliphatic heterocycles. The van der Waals surface area contributed by atoms with Crippen LogP contribution in [-0.2, 0) is 0 Å². The van der Waals surface area contributed by atoms with Gasteiger partial charge in [0.1, 0.15) is 11.2 Å². The third-order valence-electron chi connectivity index (χ3n) is 10.7. The molecule has 55 heavy (non-hydrogen) atoms. The topological polar surface area (TPSA) is 51.8 Å². The molecule has 256 valence electrons. The molecule has 4 nitrogen and oxygen atoms in total. The molecule has 0 N–H and O–H groups in total. The first-order valence-corrected chi connectivity index (χ1v) is 18.5. The lowest BCUT2D eigenvalue weighted by atomic mass is 9.93. The molecule has 9 aromatic carbocycles. The summed E-state index contributed by atoms with van der Waals surface area (Å²) >= 11 is 0. The van der Waals surface area contributed by atoms with E-state index < -0.39 is 0 Å². The highest BCUT2D eigenvalue weighted by Gasteiger charge is 2.22. The third kappa shape index (κ3) is 5.34. The van der Waals surface area contributed by atoms with Gasteiger partial charge < -0.3 is 4.42 Å². The lowest BCUT2D eigenvalue weighted by molar-refractivity contribution is 0.670. The van der Waals surface area contributed by atoms with Crippen molar-refractivity contribution in [3.05, 3.63) is 188 Å². The minimum atomic E-state index is 0.555. The van der Waals surface area contributed by atoms with Crippen molar-refractivity contribution >= 4 is 54.3 Å². The number of aromatic nitrogens is 3. The molecular formula is C51H31N3O. The molecule has 0 unspecified atom stereocenters. The Kier molecular flexibility index (Phi) is 7.14. The van der Waals surface area contributed by atoms with Crippen LogP contribution in [-0.4, -0.2) is 15.0 Å². The minimum Gasteiger partial charge on any atom is -0.455 e. The van der Waals surface area contributed by atoms with Crippen molar-refractivity contribution in [3.63, 3.8) is 0 Å². The number of rotatable bonds is 5. The van der Waals surface area contributed by atoms with Crippen molar-refractivity contribution in [3.8, 4) is 56.4 Å². The van der Waals surface area contributed by atoms with Crippen molar-refractivity contribution < 1.29 is 4.42 Å². The molecule has 4 heteroatoms. The van der Waals surface area contributed by atoms with Gasteiger partial charge in [0.05, 0.1) is 5.56 Å².